The lowest BCUT2D eigenvalue weighted by molar-refractivity contribution is 0.681. The second-order valence-electron chi connectivity index (χ2n) is 7.16. The molecule has 0 spiro atoms. The number of anilines is 1. The number of benzene rings is 1. The molecule has 1 fully saturated rings. The highest BCUT2D eigenvalue weighted by molar-refractivity contribution is 14.0. The van der Waals surface area contributed by atoms with Crippen LogP contribution in [0.2, 0.25) is 0 Å². The van der Waals surface area contributed by atoms with Gasteiger partial charge in [-0.15, -0.1) is 24.0 Å². The number of allylic oxidation sites excluding steroid dienone is 1. The third-order valence-electron chi connectivity index (χ3n) is 5.29. The lowest BCUT2D eigenvalue weighted by Crippen LogP contribution is -2.39. The number of hydrogen-bond acceptors (Lipinski definition) is 2. The molecule has 4 nitrogen and oxygen atoms in total. The fraction of sp³-hybridized carbons (Fsp3) is 0.571. The predicted octanol–water partition coefficient (Wildman–Crippen LogP) is 4.63. The first-order valence-electron chi connectivity index (χ1n) is 9.76. The van der Waals surface area contributed by atoms with Crippen molar-refractivity contribution in [2.24, 2.45) is 4.99 Å². The summed E-state index contributed by atoms with van der Waals surface area (Å²) in [6.45, 7) is 5.52. The molecule has 1 heterocycles. The summed E-state index contributed by atoms with van der Waals surface area (Å²) >= 11 is 0. The molecule has 3 rings (SSSR count). The number of hydrogen-bond donors (Lipinski definition) is 2. The van der Waals surface area contributed by atoms with Crippen molar-refractivity contribution >= 4 is 35.6 Å². The average molecular weight is 468 g/mol. The van der Waals surface area contributed by atoms with Crippen LogP contribution in [0, 0.1) is 0 Å². The summed E-state index contributed by atoms with van der Waals surface area (Å²) in [4.78, 5) is 6.87. The first kappa shape index (κ1) is 21.1. The van der Waals surface area contributed by atoms with Crippen LogP contribution in [0.15, 0.2) is 40.9 Å². The molecule has 0 bridgehead atoms. The predicted molar refractivity (Wildman–Crippen MR) is 123 cm³/mol. The molecule has 1 aliphatic carbocycles. The molecule has 5 heteroatoms. The molecule has 144 valence electrons. The van der Waals surface area contributed by atoms with Crippen LogP contribution < -0.4 is 15.5 Å². The van der Waals surface area contributed by atoms with Gasteiger partial charge < -0.3 is 15.5 Å². The molecule has 1 aliphatic heterocycles. The van der Waals surface area contributed by atoms with Crippen LogP contribution in [0.25, 0.3) is 0 Å². The van der Waals surface area contributed by atoms with Gasteiger partial charge in [0.15, 0.2) is 5.96 Å². The maximum atomic E-state index is 4.38. The van der Waals surface area contributed by atoms with E-state index in [0.717, 1.165) is 18.9 Å². The van der Waals surface area contributed by atoms with E-state index in [1.807, 2.05) is 7.05 Å². The number of nitrogens with zero attached hydrogens (tertiary/aromatic N) is 2. The Morgan fingerprint density at radius 1 is 1.23 bits per heavy atom. The van der Waals surface area contributed by atoms with Crippen molar-refractivity contribution in [2.75, 3.05) is 31.6 Å². The van der Waals surface area contributed by atoms with E-state index in [9.17, 15) is 0 Å². The van der Waals surface area contributed by atoms with Gasteiger partial charge in [0.2, 0.25) is 0 Å². The zero-order valence-corrected chi connectivity index (χ0v) is 18.5. The Balaban J connectivity index is 0.00000243. The molecular formula is C21H33IN4. The molecule has 1 saturated heterocycles. The van der Waals surface area contributed by atoms with E-state index in [0.29, 0.717) is 0 Å². The van der Waals surface area contributed by atoms with E-state index in [2.05, 4.69) is 57.8 Å². The number of guanidine groups is 1. The SMILES string of the molecule is CN=C(NCCC1=CCCC1)NC(C)c1cccc(N2CCCC2)c1.I. The second kappa shape index (κ2) is 10.8. The molecule has 1 atom stereocenters. The summed E-state index contributed by atoms with van der Waals surface area (Å²) < 4.78 is 0. The van der Waals surface area contributed by atoms with Crippen LogP contribution >= 0.6 is 24.0 Å². The van der Waals surface area contributed by atoms with E-state index >= 15 is 0 Å². The van der Waals surface area contributed by atoms with Crippen molar-refractivity contribution in [1.82, 2.24) is 10.6 Å². The molecule has 0 aromatic heterocycles. The van der Waals surface area contributed by atoms with Crippen LogP contribution in [-0.4, -0.2) is 32.6 Å². The minimum absolute atomic E-state index is 0. The largest absolute Gasteiger partial charge is 0.372 e. The van der Waals surface area contributed by atoms with Gasteiger partial charge in [-0.2, -0.15) is 0 Å². The van der Waals surface area contributed by atoms with E-state index in [1.165, 1.54) is 56.4 Å². The number of aliphatic imine (C=N–C) groups is 1. The van der Waals surface area contributed by atoms with Crippen molar-refractivity contribution in [3.63, 3.8) is 0 Å². The maximum absolute atomic E-state index is 4.38. The third kappa shape index (κ3) is 5.89. The van der Waals surface area contributed by atoms with Gasteiger partial charge in [-0.25, -0.2) is 0 Å². The molecule has 2 aliphatic rings. The van der Waals surface area contributed by atoms with Gasteiger partial charge in [0.1, 0.15) is 0 Å². The van der Waals surface area contributed by atoms with Crippen molar-refractivity contribution in [1.29, 1.82) is 0 Å². The fourth-order valence-corrected chi connectivity index (χ4v) is 3.76. The molecule has 1 aromatic rings. The van der Waals surface area contributed by atoms with Crippen molar-refractivity contribution < 1.29 is 0 Å². The number of nitrogens with one attached hydrogen (secondary N) is 2. The van der Waals surface area contributed by atoms with E-state index in [-0.39, 0.29) is 30.0 Å². The lowest BCUT2D eigenvalue weighted by atomic mass is 10.1. The zero-order chi connectivity index (χ0) is 17.5. The number of rotatable bonds is 6. The molecule has 0 radical (unpaired) electrons. The molecule has 1 unspecified atom stereocenters. The zero-order valence-electron chi connectivity index (χ0n) is 16.1. The Morgan fingerprint density at radius 2 is 2.04 bits per heavy atom. The first-order valence-corrected chi connectivity index (χ1v) is 9.76. The summed E-state index contributed by atoms with van der Waals surface area (Å²) in [6, 6.07) is 9.15. The van der Waals surface area contributed by atoms with Gasteiger partial charge in [0.05, 0.1) is 6.04 Å². The van der Waals surface area contributed by atoms with Crippen molar-refractivity contribution in [2.45, 2.75) is 51.5 Å². The second-order valence-corrected chi connectivity index (χ2v) is 7.16. The Kier molecular flexibility index (Phi) is 8.75. The molecule has 26 heavy (non-hydrogen) atoms. The molecule has 2 N–H and O–H groups in total. The van der Waals surface area contributed by atoms with Gasteiger partial charge >= 0.3 is 0 Å². The van der Waals surface area contributed by atoms with Crippen molar-refractivity contribution in [3.05, 3.63) is 41.5 Å². The molecule has 1 aromatic carbocycles. The smallest absolute Gasteiger partial charge is 0.191 e. The standard InChI is InChI=1S/C21H32N4.HI/c1-17(19-10-7-11-20(16-19)25-14-5-6-15-25)24-21(22-2)23-13-12-18-8-3-4-9-18;/h7-8,10-11,16-17H,3-6,9,12-15H2,1-2H3,(H2,22,23,24);1H. The van der Waals surface area contributed by atoms with Crippen LogP contribution in [0.3, 0.4) is 0 Å². The van der Waals surface area contributed by atoms with Gasteiger partial charge in [-0.1, -0.05) is 23.8 Å². The highest BCUT2D eigenvalue weighted by Crippen LogP contribution is 2.24. The topological polar surface area (TPSA) is 39.7 Å². The highest BCUT2D eigenvalue weighted by atomic mass is 127. The van der Waals surface area contributed by atoms with E-state index in [4.69, 9.17) is 0 Å². The Morgan fingerprint density at radius 3 is 2.73 bits per heavy atom. The van der Waals surface area contributed by atoms with Crippen LogP contribution in [-0.2, 0) is 0 Å². The summed E-state index contributed by atoms with van der Waals surface area (Å²) in [5.74, 6) is 0.887. The Labute approximate surface area is 175 Å². The summed E-state index contributed by atoms with van der Waals surface area (Å²) in [7, 11) is 1.84. The minimum atomic E-state index is 0. The third-order valence-corrected chi connectivity index (χ3v) is 5.29. The lowest BCUT2D eigenvalue weighted by Gasteiger charge is -2.22. The average Bonchev–Trinajstić information content (AvgIpc) is 3.34. The van der Waals surface area contributed by atoms with Gasteiger partial charge in [0.25, 0.3) is 0 Å². The molecule has 0 amide bonds. The van der Waals surface area contributed by atoms with Crippen LogP contribution in [0.1, 0.15) is 57.1 Å². The fourth-order valence-electron chi connectivity index (χ4n) is 3.76. The maximum Gasteiger partial charge on any atom is 0.191 e. The first-order chi connectivity index (χ1) is 12.3. The quantitative estimate of drug-likeness (QED) is 0.277. The van der Waals surface area contributed by atoms with Gasteiger partial charge in [-0.3, -0.25) is 4.99 Å². The van der Waals surface area contributed by atoms with Gasteiger partial charge in [0, 0.05) is 32.4 Å². The molecule has 0 saturated carbocycles. The van der Waals surface area contributed by atoms with Crippen LogP contribution in [0.4, 0.5) is 5.69 Å². The van der Waals surface area contributed by atoms with E-state index < -0.39 is 0 Å². The monoisotopic (exact) mass is 468 g/mol. The Hall–Kier alpha value is -1.24. The summed E-state index contributed by atoms with van der Waals surface area (Å²) in [5.41, 5.74) is 4.25. The summed E-state index contributed by atoms with van der Waals surface area (Å²) in [5, 5.41) is 6.98. The number of halogens is 1. The van der Waals surface area contributed by atoms with Crippen LogP contribution in [0.5, 0.6) is 0 Å². The summed E-state index contributed by atoms with van der Waals surface area (Å²) in [6.07, 6.45) is 9.99. The van der Waals surface area contributed by atoms with Crippen molar-refractivity contribution in [3.8, 4) is 0 Å². The normalized spacial score (nSPS) is 18.3. The van der Waals surface area contributed by atoms with E-state index in [1.54, 1.807) is 5.57 Å². The Bertz CT molecular complexity index is 620. The van der Waals surface area contributed by atoms with Gasteiger partial charge in [-0.05, 0) is 63.1 Å². The minimum Gasteiger partial charge on any atom is -0.372 e. The highest BCUT2D eigenvalue weighted by Gasteiger charge is 2.14. The molecular weight excluding hydrogens is 435 g/mol.